The number of halogens is 5. The van der Waals surface area contributed by atoms with Crippen molar-refractivity contribution in [3.63, 3.8) is 0 Å². The predicted octanol–water partition coefficient (Wildman–Crippen LogP) is 6.61. The summed E-state index contributed by atoms with van der Waals surface area (Å²) in [6.45, 7) is 0.207. The van der Waals surface area contributed by atoms with Crippen LogP contribution in [0.2, 0.25) is 0 Å². The molecule has 0 saturated carbocycles. The van der Waals surface area contributed by atoms with Crippen LogP contribution in [-0.4, -0.2) is 10.6 Å². The van der Waals surface area contributed by atoms with E-state index >= 15 is 0 Å². The third kappa shape index (κ3) is 5.69. The molecule has 3 aromatic carbocycles. The highest BCUT2D eigenvalue weighted by Gasteiger charge is 2.30. The van der Waals surface area contributed by atoms with Crippen LogP contribution >= 0.6 is 15.9 Å². The van der Waals surface area contributed by atoms with Crippen molar-refractivity contribution in [1.82, 2.24) is 0 Å². The molecular formula is C23H17BrF4O2. The molecule has 0 N–H and O–H groups in total. The second-order valence-corrected chi connectivity index (χ2v) is 7.75. The second-order valence-electron chi connectivity index (χ2n) is 6.65. The second kappa shape index (κ2) is 9.43. The predicted molar refractivity (Wildman–Crippen MR) is 109 cm³/mol. The molecule has 0 bridgehead atoms. The minimum Gasteiger partial charge on any atom is -0.488 e. The number of carbonyl (C=O) groups excluding carboxylic acids is 1. The Morgan fingerprint density at radius 3 is 2.23 bits per heavy atom. The maximum atomic E-state index is 13.8. The summed E-state index contributed by atoms with van der Waals surface area (Å²) in [6, 6.07) is 17.6. The summed E-state index contributed by atoms with van der Waals surface area (Å²) in [5.41, 5.74) is 0.742. The van der Waals surface area contributed by atoms with Gasteiger partial charge in [0.05, 0.1) is 16.0 Å². The van der Waals surface area contributed by atoms with Gasteiger partial charge < -0.3 is 4.74 Å². The zero-order valence-electron chi connectivity index (χ0n) is 15.6. The smallest absolute Gasteiger partial charge is 0.416 e. The molecule has 0 aliphatic heterocycles. The van der Waals surface area contributed by atoms with Crippen molar-refractivity contribution in [2.24, 2.45) is 0 Å². The number of Topliss-reactive ketones (excluding diaryl/α,β-unsaturated/α-hetero) is 1. The fourth-order valence-corrected chi connectivity index (χ4v) is 3.47. The van der Waals surface area contributed by atoms with Crippen molar-refractivity contribution in [2.45, 2.75) is 24.0 Å². The van der Waals surface area contributed by atoms with E-state index in [2.05, 4.69) is 15.9 Å². The van der Waals surface area contributed by atoms with Crippen LogP contribution in [-0.2, 0) is 19.2 Å². The molecule has 3 aromatic rings. The van der Waals surface area contributed by atoms with Crippen LogP contribution < -0.4 is 4.74 Å². The Morgan fingerprint density at radius 1 is 0.933 bits per heavy atom. The van der Waals surface area contributed by atoms with Crippen LogP contribution in [0.3, 0.4) is 0 Å². The van der Waals surface area contributed by atoms with Crippen LogP contribution in [0.15, 0.2) is 72.8 Å². The Hall–Kier alpha value is -2.67. The number of hydrogen-bond donors (Lipinski definition) is 0. The molecule has 0 saturated heterocycles. The number of carbonyl (C=O) groups is 1. The highest BCUT2D eigenvalue weighted by Crippen LogP contribution is 2.30. The van der Waals surface area contributed by atoms with Crippen molar-refractivity contribution < 1.29 is 27.1 Å². The number of ketones is 1. The highest BCUT2D eigenvalue weighted by molar-refractivity contribution is 9.10. The summed E-state index contributed by atoms with van der Waals surface area (Å²) in [7, 11) is 0. The topological polar surface area (TPSA) is 26.3 Å². The van der Waals surface area contributed by atoms with E-state index in [9.17, 15) is 22.4 Å². The van der Waals surface area contributed by atoms with E-state index in [1.807, 2.05) is 30.3 Å². The summed E-state index contributed by atoms with van der Waals surface area (Å²) >= 11 is 3.28. The van der Waals surface area contributed by atoms with Gasteiger partial charge in [0.1, 0.15) is 18.2 Å². The Bertz CT molecular complexity index is 1000. The molecule has 0 radical (unpaired) electrons. The van der Waals surface area contributed by atoms with E-state index in [4.69, 9.17) is 4.74 Å². The number of ether oxygens (including phenoxy) is 1. The molecule has 0 aromatic heterocycles. The molecule has 7 heteroatoms. The molecule has 0 aliphatic carbocycles. The first kappa shape index (κ1) is 22.0. The molecule has 0 unspecified atom stereocenters. The molecule has 1 atom stereocenters. The lowest BCUT2D eigenvalue weighted by molar-refractivity contribution is -0.137. The van der Waals surface area contributed by atoms with Gasteiger partial charge in [-0.05, 0) is 47.9 Å². The Kier molecular flexibility index (Phi) is 6.92. The number of alkyl halides is 4. The molecule has 3 rings (SSSR count). The normalized spacial score (nSPS) is 12.4. The fraction of sp³-hybridized carbons (Fsp3) is 0.174. The molecule has 156 valence electrons. The maximum absolute atomic E-state index is 13.8. The van der Waals surface area contributed by atoms with Gasteiger partial charge in [-0.15, -0.1) is 0 Å². The van der Waals surface area contributed by atoms with E-state index in [1.165, 1.54) is 24.3 Å². The quantitative estimate of drug-likeness (QED) is 0.216. The monoisotopic (exact) mass is 480 g/mol. The van der Waals surface area contributed by atoms with Crippen LogP contribution in [0.5, 0.6) is 5.75 Å². The van der Waals surface area contributed by atoms with E-state index in [0.29, 0.717) is 5.56 Å². The average molecular weight is 481 g/mol. The number of benzene rings is 3. The van der Waals surface area contributed by atoms with Gasteiger partial charge in [0, 0.05) is 0 Å². The van der Waals surface area contributed by atoms with Crippen molar-refractivity contribution in [1.29, 1.82) is 0 Å². The van der Waals surface area contributed by atoms with Crippen molar-refractivity contribution in [2.75, 3.05) is 0 Å². The molecule has 0 spiro atoms. The lowest BCUT2D eigenvalue weighted by Crippen LogP contribution is -2.18. The first-order valence-corrected chi connectivity index (χ1v) is 9.96. The van der Waals surface area contributed by atoms with E-state index in [0.717, 1.165) is 23.8 Å². The Labute approximate surface area is 179 Å². The van der Waals surface area contributed by atoms with Gasteiger partial charge >= 0.3 is 6.18 Å². The number of hydrogen-bond acceptors (Lipinski definition) is 2. The maximum Gasteiger partial charge on any atom is 0.416 e. The van der Waals surface area contributed by atoms with Crippen LogP contribution in [0.1, 0.15) is 27.0 Å². The van der Waals surface area contributed by atoms with Gasteiger partial charge in [0.2, 0.25) is 0 Å². The molecule has 0 fully saturated rings. The largest absolute Gasteiger partial charge is 0.488 e. The van der Waals surface area contributed by atoms with E-state index < -0.39 is 28.2 Å². The van der Waals surface area contributed by atoms with E-state index in [-0.39, 0.29) is 24.3 Å². The van der Waals surface area contributed by atoms with Gasteiger partial charge in [-0.25, -0.2) is 4.39 Å². The van der Waals surface area contributed by atoms with Crippen molar-refractivity contribution in [3.05, 3.63) is 101 Å². The molecule has 30 heavy (non-hydrogen) atoms. The Morgan fingerprint density at radius 2 is 1.60 bits per heavy atom. The van der Waals surface area contributed by atoms with Crippen LogP contribution in [0, 0.1) is 5.82 Å². The highest BCUT2D eigenvalue weighted by atomic mass is 79.9. The Balaban J connectivity index is 1.74. The molecule has 0 heterocycles. The summed E-state index contributed by atoms with van der Waals surface area (Å²) in [5, 5.41) is 0. The van der Waals surface area contributed by atoms with Gasteiger partial charge in [-0.1, -0.05) is 58.4 Å². The molecule has 0 amide bonds. The lowest BCUT2D eigenvalue weighted by atomic mass is 10.0. The standard InChI is InChI=1S/C23H17BrF4O2/c24-20(12-15-6-8-17(9-7-15)23(26,27)28)22(29)19-13-18(25)10-11-21(19)30-14-16-4-2-1-3-5-16/h1-11,13,20H,12,14H2/t20-/m0/s1. The minimum atomic E-state index is -4.42. The van der Waals surface area contributed by atoms with Crippen molar-refractivity contribution >= 4 is 21.7 Å². The van der Waals surface area contributed by atoms with Gasteiger partial charge in [-0.2, -0.15) is 13.2 Å². The summed E-state index contributed by atoms with van der Waals surface area (Å²) < 4.78 is 57.6. The summed E-state index contributed by atoms with van der Waals surface area (Å²) in [4.78, 5) is 12.1. The van der Waals surface area contributed by atoms with Gasteiger partial charge in [-0.3, -0.25) is 4.79 Å². The average Bonchev–Trinajstić information content (AvgIpc) is 2.72. The lowest BCUT2D eigenvalue weighted by Gasteiger charge is -2.15. The third-order valence-corrected chi connectivity index (χ3v) is 5.16. The fourth-order valence-electron chi connectivity index (χ4n) is 2.85. The molecular weight excluding hydrogens is 464 g/mol. The first-order chi connectivity index (χ1) is 14.2. The first-order valence-electron chi connectivity index (χ1n) is 9.05. The SMILES string of the molecule is O=C(c1cc(F)ccc1OCc1ccccc1)[C@@H](Br)Cc1ccc(C(F)(F)F)cc1. The minimum absolute atomic E-state index is 0.0692. The van der Waals surface area contributed by atoms with E-state index in [1.54, 1.807) is 0 Å². The summed E-state index contributed by atoms with van der Waals surface area (Å²) in [5.74, 6) is -0.765. The van der Waals surface area contributed by atoms with Crippen molar-refractivity contribution in [3.8, 4) is 5.75 Å². The van der Waals surface area contributed by atoms with Gasteiger partial charge in [0.25, 0.3) is 0 Å². The molecule has 2 nitrogen and oxygen atoms in total. The molecule has 0 aliphatic rings. The number of rotatable bonds is 7. The zero-order valence-corrected chi connectivity index (χ0v) is 17.2. The third-order valence-electron chi connectivity index (χ3n) is 4.42. The summed E-state index contributed by atoms with van der Waals surface area (Å²) in [6.07, 6.45) is -4.28. The zero-order chi connectivity index (χ0) is 21.7. The van der Waals surface area contributed by atoms with Gasteiger partial charge in [0.15, 0.2) is 5.78 Å². The van der Waals surface area contributed by atoms with Crippen LogP contribution in [0.4, 0.5) is 17.6 Å². The van der Waals surface area contributed by atoms with Crippen LogP contribution in [0.25, 0.3) is 0 Å².